The van der Waals surface area contributed by atoms with E-state index in [2.05, 4.69) is 24.0 Å². The first-order valence-corrected chi connectivity index (χ1v) is 12.2. The van der Waals surface area contributed by atoms with Gasteiger partial charge in [-0.2, -0.15) is 0 Å². The number of ether oxygens (including phenoxy) is 2. The van der Waals surface area contributed by atoms with Crippen LogP contribution in [0.1, 0.15) is 42.4 Å². The molecule has 206 valence electrons. The summed E-state index contributed by atoms with van der Waals surface area (Å²) in [6.45, 7) is 4.77. The number of carboxylic acid groups (broad SMARTS) is 3. The number of aryl methyl sites for hydroxylation is 1. The van der Waals surface area contributed by atoms with Crippen LogP contribution in [0, 0.1) is 6.92 Å². The Morgan fingerprint density at radius 3 is 2.11 bits per heavy atom. The summed E-state index contributed by atoms with van der Waals surface area (Å²) >= 11 is 6.27. The minimum Gasteiger partial charge on any atom is -0.481 e. The molecule has 5 N–H and O–H groups in total. The summed E-state index contributed by atoms with van der Waals surface area (Å²) in [6, 6.07) is 12.2. The second-order valence-electron chi connectivity index (χ2n) is 9.46. The van der Waals surface area contributed by atoms with Crippen molar-refractivity contribution < 1.29 is 49.4 Å². The highest BCUT2D eigenvalue weighted by molar-refractivity contribution is 6.32. The summed E-state index contributed by atoms with van der Waals surface area (Å²) in [6.07, 6.45) is -0.827. The van der Waals surface area contributed by atoms with Crippen molar-refractivity contribution in [2.75, 3.05) is 19.9 Å². The maximum Gasteiger partial charge on any atom is 0.336 e. The average molecular weight is 552 g/mol. The van der Waals surface area contributed by atoms with Gasteiger partial charge >= 0.3 is 17.9 Å². The lowest BCUT2D eigenvalue weighted by Gasteiger charge is -2.38. The van der Waals surface area contributed by atoms with Crippen LogP contribution in [0.25, 0.3) is 0 Å². The Hall–Kier alpha value is -3.38. The largest absolute Gasteiger partial charge is 0.481 e. The zero-order chi connectivity index (χ0) is 28.1. The SMILES string of the molecule is Cc1ccc(C2(O)CCN(Cc3cc(Cl)c4c(c3)OCO4)CC2)cc1.O=C(O)CC(O)(CC(=O)O)C(=O)O. The second kappa shape index (κ2) is 12.0. The van der Waals surface area contributed by atoms with Crippen LogP contribution in [0.15, 0.2) is 36.4 Å². The van der Waals surface area contributed by atoms with Gasteiger partial charge in [0.1, 0.15) is 0 Å². The Labute approximate surface area is 223 Å². The third-order valence-corrected chi connectivity index (χ3v) is 6.73. The lowest BCUT2D eigenvalue weighted by atomic mass is 9.84. The van der Waals surface area contributed by atoms with E-state index in [-0.39, 0.29) is 6.79 Å². The van der Waals surface area contributed by atoms with E-state index in [1.54, 1.807) is 0 Å². The molecular formula is C26H30ClNO10. The Morgan fingerprint density at radius 2 is 1.58 bits per heavy atom. The van der Waals surface area contributed by atoms with Crippen molar-refractivity contribution in [3.05, 3.63) is 58.1 Å². The summed E-state index contributed by atoms with van der Waals surface area (Å²) < 4.78 is 10.8. The minimum atomic E-state index is -2.74. The van der Waals surface area contributed by atoms with E-state index in [1.165, 1.54) is 5.56 Å². The number of likely N-dealkylation sites (tertiary alicyclic amines) is 1. The molecule has 4 rings (SSSR count). The van der Waals surface area contributed by atoms with Crippen LogP contribution < -0.4 is 9.47 Å². The first-order chi connectivity index (χ1) is 17.8. The van der Waals surface area contributed by atoms with Crippen LogP contribution in [-0.4, -0.2) is 73.8 Å². The predicted molar refractivity (Wildman–Crippen MR) is 134 cm³/mol. The van der Waals surface area contributed by atoms with E-state index in [0.717, 1.165) is 49.4 Å². The molecule has 0 saturated carbocycles. The molecule has 2 aliphatic heterocycles. The summed E-state index contributed by atoms with van der Waals surface area (Å²) in [4.78, 5) is 32.8. The van der Waals surface area contributed by atoms with Crippen molar-refractivity contribution in [2.24, 2.45) is 0 Å². The Kier molecular flexibility index (Phi) is 9.21. The fraction of sp³-hybridized carbons (Fsp3) is 0.423. The molecule has 1 saturated heterocycles. The molecule has 12 heteroatoms. The molecule has 2 aliphatic rings. The van der Waals surface area contributed by atoms with E-state index < -0.39 is 42.0 Å². The number of carbonyl (C=O) groups is 3. The first-order valence-electron chi connectivity index (χ1n) is 11.8. The van der Waals surface area contributed by atoms with Gasteiger partial charge in [0.25, 0.3) is 0 Å². The number of carboxylic acids is 3. The van der Waals surface area contributed by atoms with Gasteiger partial charge in [-0.05, 0) is 43.0 Å². The molecule has 0 aliphatic carbocycles. The molecule has 0 spiro atoms. The summed E-state index contributed by atoms with van der Waals surface area (Å²) in [7, 11) is 0. The number of fused-ring (bicyclic) bond motifs is 1. The van der Waals surface area contributed by atoms with Crippen LogP contribution in [0.3, 0.4) is 0 Å². The topological polar surface area (TPSA) is 174 Å². The lowest BCUT2D eigenvalue weighted by molar-refractivity contribution is -0.170. The van der Waals surface area contributed by atoms with Crippen molar-refractivity contribution in [1.29, 1.82) is 0 Å². The van der Waals surface area contributed by atoms with Crippen molar-refractivity contribution in [1.82, 2.24) is 4.90 Å². The smallest absolute Gasteiger partial charge is 0.336 e. The first kappa shape index (κ1) is 29.2. The van der Waals surface area contributed by atoms with Gasteiger partial charge < -0.3 is 35.0 Å². The van der Waals surface area contributed by atoms with Gasteiger partial charge in [0.2, 0.25) is 6.79 Å². The van der Waals surface area contributed by atoms with Gasteiger partial charge in [-0.25, -0.2) is 4.79 Å². The number of aliphatic carboxylic acids is 3. The van der Waals surface area contributed by atoms with Crippen molar-refractivity contribution in [3.63, 3.8) is 0 Å². The summed E-state index contributed by atoms with van der Waals surface area (Å²) in [5, 5.41) is 45.4. The van der Waals surface area contributed by atoms with Crippen molar-refractivity contribution >= 4 is 29.5 Å². The number of aliphatic hydroxyl groups is 2. The molecule has 0 radical (unpaired) electrons. The van der Waals surface area contributed by atoms with Gasteiger partial charge in [-0.3, -0.25) is 14.5 Å². The molecule has 0 unspecified atom stereocenters. The Morgan fingerprint density at radius 1 is 1.00 bits per heavy atom. The predicted octanol–water partition coefficient (Wildman–Crippen LogP) is 2.61. The van der Waals surface area contributed by atoms with E-state index in [1.807, 2.05) is 24.3 Å². The highest BCUT2D eigenvalue weighted by atomic mass is 35.5. The number of rotatable bonds is 8. The third-order valence-electron chi connectivity index (χ3n) is 6.45. The van der Waals surface area contributed by atoms with Gasteiger partial charge in [-0.1, -0.05) is 41.4 Å². The number of hydrogen-bond acceptors (Lipinski definition) is 8. The zero-order valence-electron chi connectivity index (χ0n) is 20.7. The second-order valence-corrected chi connectivity index (χ2v) is 9.87. The fourth-order valence-corrected chi connectivity index (χ4v) is 4.61. The number of halogens is 1. The maximum absolute atomic E-state index is 11.0. The maximum atomic E-state index is 11.0. The molecule has 0 atom stereocenters. The van der Waals surface area contributed by atoms with Crippen LogP contribution in [-0.2, 0) is 26.5 Å². The molecule has 0 bridgehead atoms. The molecule has 2 heterocycles. The third kappa shape index (κ3) is 7.35. The monoisotopic (exact) mass is 551 g/mol. The normalized spacial score (nSPS) is 16.3. The molecule has 0 amide bonds. The molecule has 2 aromatic rings. The van der Waals surface area contributed by atoms with Crippen LogP contribution in [0.4, 0.5) is 0 Å². The molecule has 11 nitrogen and oxygen atoms in total. The highest BCUT2D eigenvalue weighted by Crippen LogP contribution is 2.40. The molecular weight excluding hydrogens is 522 g/mol. The standard InChI is InChI=1S/C20H22ClNO3.C6H8O7/c1-14-2-4-16(5-3-14)20(23)6-8-22(9-7-20)12-15-10-17(21)19-18(11-15)24-13-25-19;7-3(8)1-6(13,5(11)12)2-4(9)10/h2-5,10-11,23H,6-9,12-13H2,1H3;13H,1-2H2,(H,7,8)(H,9,10)(H,11,12). The van der Waals surface area contributed by atoms with E-state index in [0.29, 0.717) is 10.8 Å². The van der Waals surface area contributed by atoms with E-state index in [9.17, 15) is 19.5 Å². The molecule has 0 aromatic heterocycles. The Bertz CT molecular complexity index is 1160. The quantitative estimate of drug-likeness (QED) is 0.326. The number of nitrogens with zero attached hydrogens (tertiary/aromatic N) is 1. The number of hydrogen-bond donors (Lipinski definition) is 5. The summed E-state index contributed by atoms with van der Waals surface area (Å²) in [5.74, 6) is -3.66. The molecule has 38 heavy (non-hydrogen) atoms. The zero-order valence-corrected chi connectivity index (χ0v) is 21.5. The fourth-order valence-electron chi connectivity index (χ4n) is 4.32. The van der Waals surface area contributed by atoms with Crippen molar-refractivity contribution in [3.8, 4) is 11.5 Å². The lowest BCUT2D eigenvalue weighted by Crippen LogP contribution is -2.42. The van der Waals surface area contributed by atoms with Crippen molar-refractivity contribution in [2.45, 2.75) is 50.4 Å². The van der Waals surface area contributed by atoms with Crippen LogP contribution in [0.5, 0.6) is 11.5 Å². The summed E-state index contributed by atoms with van der Waals surface area (Å²) in [5.41, 5.74) is -0.127. The molecule has 1 fully saturated rings. The molecule has 2 aromatic carbocycles. The van der Waals surface area contributed by atoms with Gasteiger partial charge in [0.05, 0.1) is 23.5 Å². The average Bonchev–Trinajstić information content (AvgIpc) is 3.30. The number of piperidine rings is 1. The minimum absolute atomic E-state index is 0.228. The van der Waals surface area contributed by atoms with E-state index >= 15 is 0 Å². The highest BCUT2D eigenvalue weighted by Gasteiger charge is 2.40. The van der Waals surface area contributed by atoms with Gasteiger partial charge in [0, 0.05) is 19.6 Å². The van der Waals surface area contributed by atoms with Gasteiger partial charge in [0.15, 0.2) is 17.1 Å². The Balaban J connectivity index is 0.000000263. The van der Waals surface area contributed by atoms with Crippen LogP contribution >= 0.6 is 11.6 Å². The van der Waals surface area contributed by atoms with Crippen LogP contribution in [0.2, 0.25) is 5.02 Å². The number of benzene rings is 2. The van der Waals surface area contributed by atoms with E-state index in [4.69, 9.17) is 41.5 Å². The van der Waals surface area contributed by atoms with Gasteiger partial charge in [-0.15, -0.1) is 0 Å².